The molecule has 38 heavy (non-hydrogen) atoms. The predicted molar refractivity (Wildman–Crippen MR) is 139 cm³/mol. The Balaban J connectivity index is 1.78. The van der Waals surface area contributed by atoms with E-state index in [1.54, 1.807) is 18.2 Å². The lowest BCUT2D eigenvalue weighted by atomic mass is 9.92. The van der Waals surface area contributed by atoms with Crippen molar-refractivity contribution < 1.29 is 33.8 Å². The topological polar surface area (TPSA) is 124 Å². The molecule has 0 saturated carbocycles. The van der Waals surface area contributed by atoms with E-state index < -0.39 is 41.2 Å². The van der Waals surface area contributed by atoms with E-state index in [9.17, 15) is 28.7 Å². The van der Waals surface area contributed by atoms with Gasteiger partial charge in [0.2, 0.25) is 5.91 Å². The van der Waals surface area contributed by atoms with Gasteiger partial charge in [-0.1, -0.05) is 47.5 Å². The zero-order chi connectivity index (χ0) is 27.6. The van der Waals surface area contributed by atoms with Gasteiger partial charge < -0.3 is 15.5 Å². The van der Waals surface area contributed by atoms with E-state index >= 15 is 0 Å². The molecule has 1 aliphatic heterocycles. The van der Waals surface area contributed by atoms with Crippen LogP contribution < -0.4 is 10.2 Å². The van der Waals surface area contributed by atoms with E-state index in [0.717, 1.165) is 17.0 Å². The van der Waals surface area contributed by atoms with Crippen molar-refractivity contribution >= 4 is 58.1 Å². The Morgan fingerprint density at radius 2 is 1.71 bits per heavy atom. The lowest BCUT2D eigenvalue weighted by Gasteiger charge is -2.27. The van der Waals surface area contributed by atoms with E-state index in [0.29, 0.717) is 6.08 Å². The number of hydrogen-bond donors (Lipinski definition) is 3. The van der Waals surface area contributed by atoms with Gasteiger partial charge in [0.25, 0.3) is 5.91 Å². The van der Waals surface area contributed by atoms with Crippen molar-refractivity contribution in [2.24, 2.45) is 0 Å². The summed E-state index contributed by atoms with van der Waals surface area (Å²) in [6, 6.07) is 14.3. The Hall–Kier alpha value is -4.47. The zero-order valence-corrected chi connectivity index (χ0v) is 20.7. The maximum absolute atomic E-state index is 14.5. The van der Waals surface area contributed by atoms with Gasteiger partial charge in [-0.15, -0.1) is 0 Å². The third-order valence-corrected chi connectivity index (χ3v) is 6.11. The van der Waals surface area contributed by atoms with Crippen molar-refractivity contribution in [1.29, 1.82) is 0 Å². The van der Waals surface area contributed by atoms with Crippen LogP contribution in [0, 0.1) is 5.82 Å². The van der Waals surface area contributed by atoms with Crippen LogP contribution in [-0.4, -0.2) is 33.8 Å². The third kappa shape index (κ3) is 5.44. The largest absolute Gasteiger partial charge is 0.503 e. The first-order valence-corrected chi connectivity index (χ1v) is 11.7. The summed E-state index contributed by atoms with van der Waals surface area (Å²) in [4.78, 5) is 50.6. The summed E-state index contributed by atoms with van der Waals surface area (Å²) >= 11 is 11.9. The maximum Gasteiger partial charge on any atom is 0.328 e. The van der Waals surface area contributed by atoms with E-state index in [1.165, 1.54) is 42.5 Å². The number of carbonyl (C=O) groups excluding carboxylic acids is 3. The van der Waals surface area contributed by atoms with Gasteiger partial charge in [-0.05, 0) is 48.0 Å². The maximum atomic E-state index is 14.5. The summed E-state index contributed by atoms with van der Waals surface area (Å²) in [5.74, 6) is -5.37. The normalized spacial score (nSPS) is 15.3. The average Bonchev–Trinajstić information content (AvgIpc) is 3.14. The second-order valence-electron chi connectivity index (χ2n) is 8.06. The van der Waals surface area contributed by atoms with E-state index in [4.69, 9.17) is 28.3 Å². The number of rotatable bonds is 7. The molecule has 192 valence electrons. The molecule has 0 spiro atoms. The summed E-state index contributed by atoms with van der Waals surface area (Å²) in [5, 5.41) is 22.1. The van der Waals surface area contributed by atoms with Crippen molar-refractivity contribution in [3.63, 3.8) is 0 Å². The van der Waals surface area contributed by atoms with Gasteiger partial charge in [-0.3, -0.25) is 19.3 Å². The number of carbonyl (C=O) groups is 4. The number of carboxylic acids is 1. The van der Waals surface area contributed by atoms with Gasteiger partial charge in [0.05, 0.1) is 16.6 Å². The quantitative estimate of drug-likeness (QED) is 0.262. The molecule has 0 aliphatic carbocycles. The molecule has 3 N–H and O–H groups in total. The lowest BCUT2D eigenvalue weighted by molar-refractivity contribution is -0.131. The van der Waals surface area contributed by atoms with Crippen molar-refractivity contribution in [3.05, 3.63) is 117 Å². The molecule has 2 amide bonds. The predicted octanol–water partition coefficient (Wildman–Crippen LogP) is 5.49. The average molecular weight is 555 g/mol. The number of benzene rings is 3. The van der Waals surface area contributed by atoms with Gasteiger partial charge in [0.1, 0.15) is 5.82 Å². The van der Waals surface area contributed by atoms with Crippen LogP contribution in [-0.2, 0) is 14.4 Å². The summed E-state index contributed by atoms with van der Waals surface area (Å²) in [7, 11) is 0. The Morgan fingerprint density at radius 3 is 2.39 bits per heavy atom. The Morgan fingerprint density at radius 1 is 0.974 bits per heavy atom. The molecule has 0 fully saturated rings. The second-order valence-corrected chi connectivity index (χ2v) is 8.91. The first-order valence-electron chi connectivity index (χ1n) is 10.9. The minimum absolute atomic E-state index is 0.00764. The highest BCUT2D eigenvalue weighted by Gasteiger charge is 2.45. The number of Topliss-reactive ketones (excluding diaryl/α,β-unsaturated/α-hetero) is 1. The molecule has 3 aromatic rings. The van der Waals surface area contributed by atoms with Crippen LogP contribution in [0.3, 0.4) is 0 Å². The minimum atomic E-state index is -1.31. The number of carboxylic acid groups (broad SMARTS) is 1. The molecule has 8 nitrogen and oxygen atoms in total. The smallest absolute Gasteiger partial charge is 0.328 e. The molecule has 1 unspecified atom stereocenters. The number of aliphatic carboxylic acids is 1. The Labute approximate surface area is 225 Å². The van der Waals surface area contributed by atoms with Gasteiger partial charge in [0, 0.05) is 34.1 Å². The molecular weight excluding hydrogens is 538 g/mol. The van der Waals surface area contributed by atoms with Gasteiger partial charge in [-0.25, -0.2) is 9.18 Å². The van der Waals surface area contributed by atoms with Crippen molar-refractivity contribution in [2.45, 2.75) is 6.04 Å². The number of nitrogens with zero attached hydrogens (tertiary/aromatic N) is 1. The van der Waals surface area contributed by atoms with Crippen LogP contribution >= 0.6 is 23.2 Å². The summed E-state index contributed by atoms with van der Waals surface area (Å²) in [6.45, 7) is 0. The molecule has 3 aromatic carbocycles. The Bertz CT molecular complexity index is 1550. The van der Waals surface area contributed by atoms with E-state index in [2.05, 4.69) is 5.32 Å². The minimum Gasteiger partial charge on any atom is -0.503 e. The third-order valence-electron chi connectivity index (χ3n) is 5.57. The lowest BCUT2D eigenvalue weighted by Crippen LogP contribution is -2.31. The fourth-order valence-corrected chi connectivity index (χ4v) is 4.25. The molecule has 4 rings (SSSR count). The van der Waals surface area contributed by atoms with Crippen LogP contribution in [0.15, 0.2) is 90.2 Å². The molecule has 1 atom stereocenters. The molecule has 11 heteroatoms. The SMILES string of the molecule is O=C(O)C=CC(=O)Nc1cccc(C(=O)C2=C(O)C(=O)N(c3cccc(Cl)c3)C2c2ccc(Cl)c(F)c2)c1. The standard InChI is InChI=1S/C27H17Cl2FN2O6/c28-16-4-2-6-18(13-16)32-24(14-7-8-19(29)20(30)12-14)23(26(37)27(32)38)25(36)15-3-1-5-17(11-15)31-21(33)9-10-22(34)35/h1-13,24,37H,(H,31,33)(H,34,35). The molecule has 0 radical (unpaired) electrons. The molecule has 0 saturated heterocycles. The fourth-order valence-electron chi connectivity index (χ4n) is 3.95. The van der Waals surface area contributed by atoms with Crippen LogP contribution in [0.5, 0.6) is 0 Å². The number of aliphatic hydroxyl groups is 1. The number of anilines is 2. The first kappa shape index (κ1) is 26.6. The van der Waals surface area contributed by atoms with E-state index in [-0.39, 0.29) is 38.1 Å². The highest BCUT2D eigenvalue weighted by atomic mass is 35.5. The van der Waals surface area contributed by atoms with Crippen molar-refractivity contribution in [1.82, 2.24) is 0 Å². The number of hydrogen-bond acceptors (Lipinski definition) is 5. The molecule has 0 aromatic heterocycles. The first-order chi connectivity index (χ1) is 18.1. The second kappa shape index (κ2) is 10.9. The highest BCUT2D eigenvalue weighted by Crippen LogP contribution is 2.43. The van der Waals surface area contributed by atoms with Crippen molar-refractivity contribution in [2.75, 3.05) is 10.2 Å². The van der Waals surface area contributed by atoms with Crippen LogP contribution in [0.1, 0.15) is 22.0 Å². The molecular formula is C27H17Cl2FN2O6. The number of amides is 2. The summed E-state index contributed by atoms with van der Waals surface area (Å²) in [6.07, 6.45) is 1.45. The van der Waals surface area contributed by atoms with Crippen LogP contribution in [0.2, 0.25) is 10.0 Å². The van der Waals surface area contributed by atoms with Crippen molar-refractivity contribution in [3.8, 4) is 0 Å². The highest BCUT2D eigenvalue weighted by molar-refractivity contribution is 6.31. The monoisotopic (exact) mass is 554 g/mol. The zero-order valence-electron chi connectivity index (χ0n) is 19.2. The summed E-state index contributed by atoms with van der Waals surface area (Å²) < 4.78 is 14.5. The van der Waals surface area contributed by atoms with Crippen LogP contribution in [0.25, 0.3) is 0 Å². The number of ketones is 1. The molecule has 0 bridgehead atoms. The van der Waals surface area contributed by atoms with Crippen LogP contribution in [0.4, 0.5) is 15.8 Å². The van der Waals surface area contributed by atoms with Gasteiger partial charge in [0.15, 0.2) is 11.5 Å². The number of nitrogens with one attached hydrogen (secondary N) is 1. The Kier molecular flexibility index (Phi) is 7.61. The molecule has 1 heterocycles. The fraction of sp³-hybridized carbons (Fsp3) is 0.0370. The number of halogens is 3. The van der Waals surface area contributed by atoms with E-state index in [1.807, 2.05) is 0 Å². The van der Waals surface area contributed by atoms with Gasteiger partial charge >= 0.3 is 5.97 Å². The molecule has 1 aliphatic rings. The summed E-state index contributed by atoms with van der Waals surface area (Å²) in [5.41, 5.74) is 0.234. The van der Waals surface area contributed by atoms with Gasteiger partial charge in [-0.2, -0.15) is 0 Å². The number of aliphatic hydroxyl groups excluding tert-OH is 1.